The molecule has 0 N–H and O–H groups in total. The maximum Gasteiger partial charge on any atom is 0.167 e. The summed E-state index contributed by atoms with van der Waals surface area (Å²) in [6.07, 6.45) is -0.0817. The summed E-state index contributed by atoms with van der Waals surface area (Å²) in [4.78, 5) is 0. The summed E-state index contributed by atoms with van der Waals surface area (Å²) in [6.45, 7) is 3.65. The molecule has 4 nitrogen and oxygen atoms in total. The third-order valence-corrected chi connectivity index (χ3v) is 1.67. The fraction of sp³-hybridized carbons (Fsp3) is 0.333. The van der Waals surface area contributed by atoms with E-state index in [-0.39, 0.29) is 11.9 Å². The highest BCUT2D eigenvalue weighted by Gasteiger charge is 2.10. The van der Waals surface area contributed by atoms with E-state index >= 15 is 0 Å². The average Bonchev–Trinajstić information content (AvgIpc) is 2.51. The van der Waals surface area contributed by atoms with Crippen molar-refractivity contribution in [1.82, 2.24) is 10.3 Å². The van der Waals surface area contributed by atoms with E-state index in [9.17, 15) is 4.39 Å². The maximum absolute atomic E-state index is 13.3. The summed E-state index contributed by atoms with van der Waals surface area (Å²) in [5.41, 5.74) is 0.876. The van der Waals surface area contributed by atoms with Crippen molar-refractivity contribution in [3.63, 3.8) is 0 Å². The van der Waals surface area contributed by atoms with Gasteiger partial charge in [0.25, 0.3) is 0 Å². The third kappa shape index (κ3) is 1.53. The molecule has 0 atom stereocenters. The molecule has 2 aromatic rings. The number of aromatic nitrogens is 2. The molecular weight excluding hydrogens is 187 g/mol. The monoisotopic (exact) mass is 196 g/mol. The van der Waals surface area contributed by atoms with Crippen LogP contribution in [0.4, 0.5) is 4.39 Å². The number of benzene rings is 1. The molecule has 1 aromatic carbocycles. The van der Waals surface area contributed by atoms with E-state index in [0.29, 0.717) is 11.0 Å². The van der Waals surface area contributed by atoms with Gasteiger partial charge in [-0.05, 0) is 24.2 Å². The molecule has 0 aliphatic carbocycles. The van der Waals surface area contributed by atoms with Crippen LogP contribution in [0.25, 0.3) is 11.0 Å². The van der Waals surface area contributed by atoms with E-state index in [1.54, 1.807) is 0 Å². The highest BCUT2D eigenvalue weighted by atomic mass is 19.1. The van der Waals surface area contributed by atoms with Crippen LogP contribution in [-0.2, 0) is 0 Å². The second kappa shape index (κ2) is 3.25. The fourth-order valence-electron chi connectivity index (χ4n) is 1.13. The second-order valence-corrected chi connectivity index (χ2v) is 3.20. The number of rotatable bonds is 2. The number of hydrogen-bond acceptors (Lipinski definition) is 4. The molecule has 1 aromatic heterocycles. The Balaban J connectivity index is 2.48. The van der Waals surface area contributed by atoms with E-state index in [1.165, 1.54) is 12.1 Å². The first-order valence-corrected chi connectivity index (χ1v) is 4.25. The van der Waals surface area contributed by atoms with Crippen molar-refractivity contribution in [2.24, 2.45) is 0 Å². The topological polar surface area (TPSA) is 48.2 Å². The van der Waals surface area contributed by atoms with Crippen molar-refractivity contribution < 1.29 is 13.8 Å². The Labute approximate surface area is 79.6 Å². The predicted molar refractivity (Wildman–Crippen MR) is 47.5 cm³/mol. The minimum absolute atomic E-state index is 0.0817. The van der Waals surface area contributed by atoms with Gasteiger partial charge in [0.15, 0.2) is 11.6 Å². The standard InChI is InChI=1S/C9H9FN2O2/c1-5(2)13-9-4-8-7(3-6(9)10)11-14-12-8/h3-5H,1-2H3. The molecule has 0 radical (unpaired) electrons. The SMILES string of the molecule is CC(C)Oc1cc2nonc2cc1F. The van der Waals surface area contributed by atoms with Crippen LogP contribution >= 0.6 is 0 Å². The largest absolute Gasteiger partial charge is 0.488 e. The molecule has 0 spiro atoms. The van der Waals surface area contributed by atoms with Crippen LogP contribution in [0.3, 0.4) is 0 Å². The van der Waals surface area contributed by atoms with Crippen molar-refractivity contribution >= 4 is 11.0 Å². The van der Waals surface area contributed by atoms with E-state index in [1.807, 2.05) is 13.8 Å². The number of ether oxygens (including phenoxy) is 1. The van der Waals surface area contributed by atoms with Gasteiger partial charge >= 0.3 is 0 Å². The fourth-order valence-corrected chi connectivity index (χ4v) is 1.13. The molecule has 0 amide bonds. The average molecular weight is 196 g/mol. The van der Waals surface area contributed by atoms with Gasteiger partial charge in [-0.3, -0.25) is 0 Å². The van der Waals surface area contributed by atoms with Gasteiger partial charge in [0.1, 0.15) is 11.0 Å². The molecule has 1 heterocycles. The van der Waals surface area contributed by atoms with Crippen molar-refractivity contribution in [2.45, 2.75) is 20.0 Å². The summed E-state index contributed by atoms with van der Waals surface area (Å²) in [5, 5.41) is 7.11. The van der Waals surface area contributed by atoms with Gasteiger partial charge in [0.2, 0.25) is 0 Å². The zero-order valence-electron chi connectivity index (χ0n) is 7.82. The highest BCUT2D eigenvalue weighted by molar-refractivity contribution is 5.74. The van der Waals surface area contributed by atoms with Gasteiger partial charge in [-0.2, -0.15) is 0 Å². The van der Waals surface area contributed by atoms with Crippen LogP contribution in [0.2, 0.25) is 0 Å². The van der Waals surface area contributed by atoms with Gasteiger partial charge < -0.3 is 4.74 Å². The molecule has 0 saturated heterocycles. The molecule has 5 heteroatoms. The maximum atomic E-state index is 13.3. The summed E-state index contributed by atoms with van der Waals surface area (Å²) < 4.78 is 23.0. The van der Waals surface area contributed by atoms with E-state index in [2.05, 4.69) is 14.9 Å². The lowest BCUT2D eigenvalue weighted by Crippen LogP contribution is -2.06. The Morgan fingerprint density at radius 2 is 1.93 bits per heavy atom. The van der Waals surface area contributed by atoms with E-state index in [0.717, 1.165) is 0 Å². The first kappa shape index (κ1) is 8.93. The smallest absolute Gasteiger partial charge is 0.167 e. The summed E-state index contributed by atoms with van der Waals surface area (Å²) >= 11 is 0. The Morgan fingerprint density at radius 1 is 1.29 bits per heavy atom. The van der Waals surface area contributed by atoms with Gasteiger partial charge in [0.05, 0.1) is 6.10 Å². The number of fused-ring (bicyclic) bond motifs is 1. The van der Waals surface area contributed by atoms with E-state index in [4.69, 9.17) is 4.74 Å². The molecule has 0 fully saturated rings. The molecule has 0 saturated carbocycles. The first-order chi connectivity index (χ1) is 6.66. The predicted octanol–water partition coefficient (Wildman–Crippen LogP) is 2.15. The lowest BCUT2D eigenvalue weighted by Gasteiger charge is -2.09. The van der Waals surface area contributed by atoms with Crippen molar-refractivity contribution in [2.75, 3.05) is 0 Å². The Hall–Kier alpha value is -1.65. The van der Waals surface area contributed by atoms with Crippen LogP contribution in [-0.4, -0.2) is 16.4 Å². The first-order valence-electron chi connectivity index (χ1n) is 4.25. The molecular formula is C9H9FN2O2. The molecule has 2 rings (SSSR count). The van der Waals surface area contributed by atoms with Gasteiger partial charge in [-0.1, -0.05) is 0 Å². The van der Waals surface area contributed by atoms with Crippen molar-refractivity contribution in [1.29, 1.82) is 0 Å². The minimum atomic E-state index is -0.457. The van der Waals surface area contributed by atoms with Gasteiger partial charge in [-0.25, -0.2) is 9.02 Å². The number of halogens is 1. The van der Waals surface area contributed by atoms with Gasteiger partial charge in [-0.15, -0.1) is 0 Å². The second-order valence-electron chi connectivity index (χ2n) is 3.20. The van der Waals surface area contributed by atoms with Crippen molar-refractivity contribution in [3.05, 3.63) is 17.9 Å². The third-order valence-electron chi connectivity index (χ3n) is 1.67. The normalized spacial score (nSPS) is 11.1. The minimum Gasteiger partial charge on any atom is -0.488 e. The zero-order valence-corrected chi connectivity index (χ0v) is 7.82. The summed E-state index contributed by atoms with van der Waals surface area (Å²) in [6, 6.07) is 2.71. The Kier molecular flexibility index (Phi) is 2.07. The Bertz CT molecular complexity index is 453. The van der Waals surface area contributed by atoms with Crippen LogP contribution in [0, 0.1) is 5.82 Å². The lowest BCUT2D eigenvalue weighted by atomic mass is 10.3. The quantitative estimate of drug-likeness (QED) is 0.738. The van der Waals surface area contributed by atoms with Crippen LogP contribution in [0.15, 0.2) is 16.8 Å². The van der Waals surface area contributed by atoms with Crippen LogP contribution in [0.5, 0.6) is 5.75 Å². The lowest BCUT2D eigenvalue weighted by molar-refractivity contribution is 0.231. The molecule has 0 bridgehead atoms. The summed E-state index contributed by atoms with van der Waals surface area (Å²) in [5.74, 6) is -0.287. The summed E-state index contributed by atoms with van der Waals surface area (Å²) in [7, 11) is 0. The molecule has 0 aliphatic rings. The highest BCUT2D eigenvalue weighted by Crippen LogP contribution is 2.23. The van der Waals surface area contributed by atoms with Crippen LogP contribution < -0.4 is 4.74 Å². The van der Waals surface area contributed by atoms with Crippen molar-refractivity contribution in [3.8, 4) is 5.75 Å². The van der Waals surface area contributed by atoms with Gasteiger partial charge in [0, 0.05) is 12.1 Å². The molecule has 14 heavy (non-hydrogen) atoms. The molecule has 0 aliphatic heterocycles. The zero-order chi connectivity index (χ0) is 10.1. The van der Waals surface area contributed by atoms with E-state index < -0.39 is 5.82 Å². The molecule has 0 unspecified atom stereocenters. The number of hydrogen-bond donors (Lipinski definition) is 0. The molecule has 74 valence electrons. The number of nitrogens with zero attached hydrogens (tertiary/aromatic N) is 2. The van der Waals surface area contributed by atoms with Crippen LogP contribution in [0.1, 0.15) is 13.8 Å². The Morgan fingerprint density at radius 3 is 2.57 bits per heavy atom.